The number of rotatable bonds is 3. The summed E-state index contributed by atoms with van der Waals surface area (Å²) in [6.07, 6.45) is 4.60. The van der Waals surface area contributed by atoms with Crippen LogP contribution in [0.2, 0.25) is 0 Å². The van der Waals surface area contributed by atoms with Gasteiger partial charge >= 0.3 is 0 Å². The molecule has 2 aromatic rings. The smallest absolute Gasteiger partial charge is 0.0724 e. The van der Waals surface area contributed by atoms with E-state index >= 15 is 0 Å². The van der Waals surface area contributed by atoms with Crippen LogP contribution in [0.3, 0.4) is 0 Å². The van der Waals surface area contributed by atoms with Gasteiger partial charge in [-0.05, 0) is 43.2 Å². The molecule has 2 nitrogen and oxygen atoms in total. The SMILES string of the molecule is CC1(C(O)Cc2ccnc3ccccc23)CCCS1. The number of benzene rings is 1. The van der Waals surface area contributed by atoms with Crippen LogP contribution < -0.4 is 0 Å². The Labute approximate surface area is 118 Å². The second-order valence-corrected chi connectivity index (χ2v) is 7.10. The van der Waals surface area contributed by atoms with Crippen LogP contribution in [0.15, 0.2) is 36.5 Å². The molecule has 0 amide bonds. The quantitative estimate of drug-likeness (QED) is 0.930. The Balaban J connectivity index is 1.89. The highest BCUT2D eigenvalue weighted by atomic mass is 32.2. The molecule has 1 aliphatic rings. The van der Waals surface area contributed by atoms with Crippen molar-refractivity contribution < 1.29 is 5.11 Å². The van der Waals surface area contributed by atoms with Crippen molar-refractivity contribution in [1.29, 1.82) is 0 Å². The Morgan fingerprint density at radius 3 is 3.00 bits per heavy atom. The van der Waals surface area contributed by atoms with Gasteiger partial charge in [-0.15, -0.1) is 0 Å². The Morgan fingerprint density at radius 2 is 2.21 bits per heavy atom. The van der Waals surface area contributed by atoms with E-state index in [1.165, 1.54) is 17.7 Å². The van der Waals surface area contributed by atoms with E-state index in [-0.39, 0.29) is 10.9 Å². The zero-order chi connectivity index (χ0) is 13.3. The Kier molecular flexibility index (Phi) is 3.50. The minimum absolute atomic E-state index is 0.0182. The zero-order valence-electron chi connectivity index (χ0n) is 11.2. The van der Waals surface area contributed by atoms with Gasteiger partial charge in [0.25, 0.3) is 0 Å². The van der Waals surface area contributed by atoms with Crippen LogP contribution in [-0.2, 0) is 6.42 Å². The van der Waals surface area contributed by atoms with Crippen molar-refractivity contribution in [2.75, 3.05) is 5.75 Å². The molecule has 100 valence electrons. The molecule has 3 heteroatoms. The van der Waals surface area contributed by atoms with Crippen molar-refractivity contribution in [3.63, 3.8) is 0 Å². The van der Waals surface area contributed by atoms with Crippen LogP contribution in [0.1, 0.15) is 25.3 Å². The summed E-state index contributed by atoms with van der Waals surface area (Å²) >= 11 is 1.91. The van der Waals surface area contributed by atoms with Crippen LogP contribution in [0.4, 0.5) is 0 Å². The summed E-state index contributed by atoms with van der Waals surface area (Å²) < 4.78 is 0.0182. The molecule has 1 fully saturated rings. The summed E-state index contributed by atoms with van der Waals surface area (Å²) in [6, 6.07) is 10.2. The number of aliphatic hydroxyl groups is 1. The van der Waals surface area contributed by atoms with Gasteiger partial charge in [-0.1, -0.05) is 18.2 Å². The van der Waals surface area contributed by atoms with Gasteiger partial charge in [-0.25, -0.2) is 0 Å². The number of hydrogen-bond acceptors (Lipinski definition) is 3. The van der Waals surface area contributed by atoms with Gasteiger partial charge in [0.2, 0.25) is 0 Å². The maximum atomic E-state index is 10.6. The molecule has 2 unspecified atom stereocenters. The molecule has 2 heterocycles. The molecule has 1 aromatic carbocycles. The van der Waals surface area contributed by atoms with Crippen molar-refractivity contribution in [2.24, 2.45) is 0 Å². The molecule has 0 aliphatic carbocycles. The van der Waals surface area contributed by atoms with E-state index in [0.29, 0.717) is 6.42 Å². The highest BCUT2D eigenvalue weighted by molar-refractivity contribution is 8.00. The van der Waals surface area contributed by atoms with Crippen LogP contribution >= 0.6 is 11.8 Å². The maximum Gasteiger partial charge on any atom is 0.0724 e. The molecule has 1 saturated heterocycles. The van der Waals surface area contributed by atoms with Crippen molar-refractivity contribution in [2.45, 2.75) is 37.0 Å². The summed E-state index contributed by atoms with van der Waals surface area (Å²) in [6.45, 7) is 2.19. The minimum Gasteiger partial charge on any atom is -0.391 e. The fourth-order valence-corrected chi connectivity index (χ4v) is 4.14. The first kappa shape index (κ1) is 12.9. The molecule has 0 spiro atoms. The molecule has 1 N–H and O–H groups in total. The number of pyridine rings is 1. The molecule has 19 heavy (non-hydrogen) atoms. The van der Waals surface area contributed by atoms with Gasteiger partial charge in [0.1, 0.15) is 0 Å². The first-order valence-electron chi connectivity index (χ1n) is 6.84. The van der Waals surface area contributed by atoms with Crippen molar-refractivity contribution in [1.82, 2.24) is 4.98 Å². The average Bonchev–Trinajstić information content (AvgIpc) is 2.87. The summed E-state index contributed by atoms with van der Waals surface area (Å²) in [5.74, 6) is 1.17. The lowest BCUT2D eigenvalue weighted by Gasteiger charge is -2.29. The summed E-state index contributed by atoms with van der Waals surface area (Å²) in [7, 11) is 0. The van der Waals surface area contributed by atoms with Gasteiger partial charge in [0.15, 0.2) is 0 Å². The topological polar surface area (TPSA) is 33.1 Å². The van der Waals surface area contributed by atoms with Gasteiger partial charge in [-0.2, -0.15) is 11.8 Å². The molecule has 3 rings (SSSR count). The minimum atomic E-state index is -0.286. The summed E-state index contributed by atoms with van der Waals surface area (Å²) in [4.78, 5) is 4.38. The van der Waals surface area contributed by atoms with Gasteiger partial charge in [0.05, 0.1) is 11.6 Å². The highest BCUT2D eigenvalue weighted by Gasteiger charge is 2.36. The normalized spacial score (nSPS) is 24.7. The first-order chi connectivity index (χ1) is 9.19. The monoisotopic (exact) mass is 273 g/mol. The van der Waals surface area contributed by atoms with E-state index in [9.17, 15) is 5.11 Å². The van der Waals surface area contributed by atoms with Gasteiger partial charge in [-0.3, -0.25) is 4.98 Å². The summed E-state index contributed by atoms with van der Waals surface area (Å²) in [5, 5.41) is 11.7. The molecule has 0 saturated carbocycles. The second kappa shape index (κ2) is 5.14. The molecule has 2 atom stereocenters. The molecule has 1 aliphatic heterocycles. The number of aromatic nitrogens is 1. The largest absolute Gasteiger partial charge is 0.391 e. The van der Waals surface area contributed by atoms with Crippen molar-refractivity contribution >= 4 is 22.7 Å². The fourth-order valence-electron chi connectivity index (χ4n) is 2.82. The van der Waals surface area contributed by atoms with Gasteiger partial charge in [0, 0.05) is 22.8 Å². The van der Waals surface area contributed by atoms with E-state index in [2.05, 4.69) is 18.0 Å². The Hall–Kier alpha value is -1.06. The van der Waals surface area contributed by atoms with Crippen LogP contribution in [-0.4, -0.2) is 26.7 Å². The predicted octanol–water partition coefficient (Wildman–Crippen LogP) is 3.42. The molecular formula is C16H19NOS. The predicted molar refractivity (Wildman–Crippen MR) is 81.6 cm³/mol. The standard InChI is InChI=1S/C16H19NOS/c1-16(8-4-10-19-16)15(18)11-12-7-9-17-14-6-3-2-5-13(12)14/h2-3,5-7,9,15,18H,4,8,10-11H2,1H3. The Morgan fingerprint density at radius 1 is 1.37 bits per heavy atom. The van der Waals surface area contributed by atoms with E-state index < -0.39 is 0 Å². The van der Waals surface area contributed by atoms with Gasteiger partial charge < -0.3 is 5.11 Å². The molecular weight excluding hydrogens is 254 g/mol. The van der Waals surface area contributed by atoms with E-state index in [1.54, 1.807) is 0 Å². The Bertz CT molecular complexity index is 572. The van der Waals surface area contributed by atoms with E-state index in [0.717, 1.165) is 17.3 Å². The average molecular weight is 273 g/mol. The molecule has 0 radical (unpaired) electrons. The second-order valence-electron chi connectivity index (χ2n) is 5.47. The summed E-state index contributed by atoms with van der Waals surface area (Å²) in [5.41, 5.74) is 2.21. The van der Waals surface area contributed by atoms with E-state index in [1.807, 2.05) is 42.2 Å². The molecule has 1 aromatic heterocycles. The lowest BCUT2D eigenvalue weighted by Crippen LogP contribution is -2.35. The fraction of sp³-hybridized carbons (Fsp3) is 0.438. The number of nitrogens with zero attached hydrogens (tertiary/aromatic N) is 1. The van der Waals surface area contributed by atoms with Crippen molar-refractivity contribution in [3.05, 3.63) is 42.1 Å². The number of hydrogen-bond donors (Lipinski definition) is 1. The van der Waals surface area contributed by atoms with Crippen LogP contribution in [0.5, 0.6) is 0 Å². The third-order valence-corrected chi connectivity index (χ3v) is 5.74. The van der Waals surface area contributed by atoms with Crippen LogP contribution in [0.25, 0.3) is 10.9 Å². The zero-order valence-corrected chi connectivity index (χ0v) is 12.0. The number of aliphatic hydroxyl groups excluding tert-OH is 1. The first-order valence-corrected chi connectivity index (χ1v) is 7.82. The van der Waals surface area contributed by atoms with Crippen molar-refractivity contribution in [3.8, 4) is 0 Å². The lowest BCUT2D eigenvalue weighted by atomic mass is 9.92. The third kappa shape index (κ3) is 2.49. The lowest BCUT2D eigenvalue weighted by molar-refractivity contribution is 0.134. The van der Waals surface area contributed by atoms with E-state index in [4.69, 9.17) is 0 Å². The highest BCUT2D eigenvalue weighted by Crippen LogP contribution is 2.41. The number of fused-ring (bicyclic) bond motifs is 1. The number of thioether (sulfide) groups is 1. The maximum absolute atomic E-state index is 10.6. The molecule has 0 bridgehead atoms. The third-order valence-electron chi connectivity index (χ3n) is 4.11. The van der Waals surface area contributed by atoms with Crippen LogP contribution in [0, 0.1) is 0 Å². The number of para-hydroxylation sites is 1.